The molecular formula is C27H50NNa2O9P. The molecule has 13 heteroatoms. The molecule has 224 valence electrons. The second-order valence-electron chi connectivity index (χ2n) is 9.82. The number of nitrogens with one attached hydrogen (secondary N) is 1. The van der Waals surface area contributed by atoms with Crippen LogP contribution in [-0.2, 0) is 32.9 Å². The standard InChI is InChI=1S/C27H52NO9P.2Na/c1-3-4-5-6-7-10-14-17-20-27(31)37-25(23-36-38(32,33)34)22-35-26(30)19-16-13-11-8-9-12-15-18-21-28-24(2)29;;/h25H,3-23H2,1-2H3,(H,28,29)(H2,32,33,34);;/q;2*+1/p-2/t25-;;/m0../s1. The van der Waals surface area contributed by atoms with Crippen LogP contribution in [0.5, 0.6) is 0 Å². The third kappa shape index (κ3) is 34.7. The van der Waals surface area contributed by atoms with Gasteiger partial charge in [-0.2, -0.15) is 0 Å². The van der Waals surface area contributed by atoms with E-state index >= 15 is 0 Å². The molecule has 0 saturated heterocycles. The van der Waals surface area contributed by atoms with Gasteiger partial charge in [-0.25, -0.2) is 0 Å². The van der Waals surface area contributed by atoms with Crippen LogP contribution in [0, 0.1) is 0 Å². The van der Waals surface area contributed by atoms with Crippen LogP contribution in [0.4, 0.5) is 0 Å². The first-order valence-electron chi connectivity index (χ1n) is 14.4. The monoisotopic (exact) mass is 609 g/mol. The number of carbonyl (C=O) groups excluding carboxylic acids is 3. The molecule has 40 heavy (non-hydrogen) atoms. The van der Waals surface area contributed by atoms with Gasteiger partial charge in [0.15, 0.2) is 6.10 Å². The average molecular weight is 610 g/mol. The Hall–Kier alpha value is 0.520. The summed E-state index contributed by atoms with van der Waals surface area (Å²) < 4.78 is 25.4. The Labute approximate surface area is 286 Å². The summed E-state index contributed by atoms with van der Waals surface area (Å²) in [6, 6.07) is 0. The van der Waals surface area contributed by atoms with Crippen molar-refractivity contribution in [3.8, 4) is 0 Å². The molecular weight excluding hydrogens is 559 g/mol. The number of phosphoric ester groups is 1. The molecule has 1 N–H and O–H groups in total. The minimum atomic E-state index is -5.24. The maximum Gasteiger partial charge on any atom is 1.00 e. The molecule has 0 fully saturated rings. The fourth-order valence-electron chi connectivity index (χ4n) is 3.92. The first-order chi connectivity index (χ1) is 18.1. The van der Waals surface area contributed by atoms with Gasteiger partial charge in [0.1, 0.15) is 6.61 Å². The molecule has 0 unspecified atom stereocenters. The van der Waals surface area contributed by atoms with Gasteiger partial charge in [0.05, 0.1) is 14.4 Å². The van der Waals surface area contributed by atoms with Gasteiger partial charge < -0.3 is 33.7 Å². The summed E-state index contributed by atoms with van der Waals surface area (Å²) in [4.78, 5) is 56.6. The summed E-state index contributed by atoms with van der Waals surface area (Å²) in [7, 11) is -5.24. The van der Waals surface area contributed by atoms with Crippen LogP contribution >= 0.6 is 7.82 Å². The molecule has 0 saturated carbocycles. The van der Waals surface area contributed by atoms with E-state index in [1.165, 1.54) is 32.6 Å². The number of unbranched alkanes of at least 4 members (excludes halogenated alkanes) is 14. The van der Waals surface area contributed by atoms with E-state index in [4.69, 9.17) is 9.47 Å². The third-order valence-corrected chi connectivity index (χ3v) is 6.53. The minimum absolute atomic E-state index is 0. The van der Waals surface area contributed by atoms with Gasteiger partial charge in [-0.15, -0.1) is 0 Å². The van der Waals surface area contributed by atoms with E-state index < -0.39 is 32.5 Å². The van der Waals surface area contributed by atoms with E-state index in [9.17, 15) is 28.7 Å². The fourth-order valence-corrected chi connectivity index (χ4v) is 4.26. The number of hydrogen-bond acceptors (Lipinski definition) is 9. The van der Waals surface area contributed by atoms with Crippen molar-refractivity contribution in [1.29, 1.82) is 0 Å². The number of ether oxygens (including phenoxy) is 2. The summed E-state index contributed by atoms with van der Waals surface area (Å²) in [5.74, 6) is -1.01. The van der Waals surface area contributed by atoms with E-state index in [0.717, 1.165) is 70.8 Å². The molecule has 0 aromatic heterocycles. The van der Waals surface area contributed by atoms with E-state index in [1.807, 2.05) is 0 Å². The molecule has 0 aliphatic carbocycles. The van der Waals surface area contributed by atoms with Crippen LogP contribution in [0.1, 0.15) is 129 Å². The van der Waals surface area contributed by atoms with Crippen molar-refractivity contribution in [2.24, 2.45) is 0 Å². The smallest absolute Gasteiger partial charge is 0.790 e. The SMILES string of the molecule is CCCCCCCCCCC(=O)O[C@@H](COC(=O)CCCCCCCCCCNC(C)=O)COP(=O)([O-])[O-].[Na+].[Na+]. The Kier molecular flexibility index (Phi) is 34.8. The topological polar surface area (TPSA) is 154 Å². The average Bonchev–Trinajstić information content (AvgIpc) is 2.85. The molecule has 10 nitrogen and oxygen atoms in total. The van der Waals surface area contributed by atoms with Gasteiger partial charge in [-0.05, 0) is 19.3 Å². The molecule has 1 amide bonds. The zero-order valence-electron chi connectivity index (χ0n) is 25.5. The molecule has 0 aromatic rings. The third-order valence-electron chi connectivity index (χ3n) is 6.06. The van der Waals surface area contributed by atoms with Crippen molar-refractivity contribution >= 4 is 25.7 Å². The van der Waals surface area contributed by atoms with E-state index in [0.29, 0.717) is 12.8 Å². The molecule has 0 spiro atoms. The zero-order valence-corrected chi connectivity index (χ0v) is 30.4. The summed E-state index contributed by atoms with van der Waals surface area (Å²) >= 11 is 0. The molecule has 0 aromatic carbocycles. The first-order valence-corrected chi connectivity index (χ1v) is 15.9. The predicted octanol–water partition coefficient (Wildman–Crippen LogP) is -1.53. The van der Waals surface area contributed by atoms with Gasteiger partial charge >= 0.3 is 71.1 Å². The minimum Gasteiger partial charge on any atom is -0.790 e. The van der Waals surface area contributed by atoms with Crippen molar-refractivity contribution in [2.75, 3.05) is 19.8 Å². The van der Waals surface area contributed by atoms with Crippen LogP contribution in [0.25, 0.3) is 0 Å². The molecule has 1 atom stereocenters. The van der Waals surface area contributed by atoms with E-state index in [-0.39, 0.29) is 84.5 Å². The van der Waals surface area contributed by atoms with Crippen LogP contribution in [0.3, 0.4) is 0 Å². The van der Waals surface area contributed by atoms with Crippen molar-refractivity contribution in [1.82, 2.24) is 5.32 Å². The molecule has 0 rings (SSSR count). The number of phosphoric acid groups is 1. The molecule has 0 heterocycles. The Balaban J connectivity index is -0.00000684. The zero-order chi connectivity index (χ0) is 28.5. The van der Waals surface area contributed by atoms with Crippen LogP contribution in [-0.4, -0.2) is 43.7 Å². The molecule has 0 bridgehead atoms. The molecule has 0 radical (unpaired) electrons. The molecule has 0 aliphatic heterocycles. The number of amides is 1. The van der Waals surface area contributed by atoms with Crippen molar-refractivity contribution in [3.63, 3.8) is 0 Å². The summed E-state index contributed by atoms with van der Waals surface area (Å²) in [5.41, 5.74) is 0. The normalized spacial score (nSPS) is 11.6. The largest absolute Gasteiger partial charge is 1.00 e. The Morgan fingerprint density at radius 1 is 0.700 bits per heavy atom. The molecule has 0 aliphatic rings. The number of esters is 2. The van der Waals surface area contributed by atoms with E-state index in [2.05, 4.69) is 16.8 Å². The Morgan fingerprint density at radius 3 is 1.62 bits per heavy atom. The van der Waals surface area contributed by atoms with Crippen molar-refractivity contribution < 1.29 is 102 Å². The number of hydrogen-bond donors (Lipinski definition) is 1. The maximum absolute atomic E-state index is 12.1. The Morgan fingerprint density at radius 2 is 1.15 bits per heavy atom. The van der Waals surface area contributed by atoms with Crippen LogP contribution in [0.2, 0.25) is 0 Å². The number of rotatable bonds is 26. The predicted molar refractivity (Wildman–Crippen MR) is 142 cm³/mol. The maximum atomic E-state index is 12.1. The summed E-state index contributed by atoms with van der Waals surface area (Å²) in [5, 5.41) is 2.78. The van der Waals surface area contributed by atoms with Gasteiger partial charge in [0, 0.05) is 26.3 Å². The van der Waals surface area contributed by atoms with Crippen molar-refractivity contribution in [3.05, 3.63) is 0 Å². The fraction of sp³-hybridized carbons (Fsp3) is 0.889. The van der Waals surface area contributed by atoms with Gasteiger partial charge in [0.2, 0.25) is 5.91 Å². The summed E-state index contributed by atoms with van der Waals surface area (Å²) in [6.45, 7) is 3.37. The van der Waals surface area contributed by atoms with Gasteiger partial charge in [0.25, 0.3) is 0 Å². The van der Waals surface area contributed by atoms with Crippen LogP contribution in [0.15, 0.2) is 0 Å². The second kappa shape index (κ2) is 31.0. The second-order valence-corrected chi connectivity index (χ2v) is 11.0. The van der Waals surface area contributed by atoms with Crippen LogP contribution < -0.4 is 74.2 Å². The first kappa shape index (κ1) is 45.0. The van der Waals surface area contributed by atoms with E-state index in [1.54, 1.807) is 0 Å². The van der Waals surface area contributed by atoms with Gasteiger partial charge in [-0.3, -0.25) is 14.4 Å². The number of carbonyl (C=O) groups is 3. The summed E-state index contributed by atoms with van der Waals surface area (Å²) in [6.07, 6.45) is 15.7. The quantitative estimate of drug-likeness (QED) is 0.0533. The van der Waals surface area contributed by atoms with Crippen molar-refractivity contribution in [2.45, 2.75) is 136 Å². The Bertz CT molecular complexity index is 680. The van der Waals surface area contributed by atoms with Gasteiger partial charge in [-0.1, -0.05) is 90.4 Å².